The molecule has 0 fully saturated rings. The first-order chi connectivity index (χ1) is 9.08. The Morgan fingerprint density at radius 1 is 1.26 bits per heavy atom. The minimum Gasteiger partial charge on any atom is -0.358 e. The zero-order chi connectivity index (χ0) is 13.6. The summed E-state index contributed by atoms with van der Waals surface area (Å²) < 4.78 is 1.85. The second-order valence-electron chi connectivity index (χ2n) is 4.23. The third kappa shape index (κ3) is 2.20. The fraction of sp³-hybridized carbons (Fsp3) is 0.0714. The maximum absolute atomic E-state index is 12.7. The maximum Gasteiger partial charge on any atom is 0.205 e. The largest absolute Gasteiger partial charge is 0.358 e. The number of hydrogen-bond acceptors (Lipinski definition) is 2. The highest BCUT2D eigenvalue weighted by Gasteiger charge is 2.20. The molecule has 5 heteroatoms. The van der Waals surface area contributed by atoms with Crippen molar-refractivity contribution in [2.24, 2.45) is 0 Å². The number of nitrogens with one attached hydrogen (secondary N) is 1. The van der Waals surface area contributed by atoms with Gasteiger partial charge in [-0.2, -0.15) is 0 Å². The van der Waals surface area contributed by atoms with Crippen molar-refractivity contribution in [1.82, 2.24) is 4.98 Å². The van der Waals surface area contributed by atoms with Crippen LogP contribution in [0.1, 0.15) is 20.9 Å². The standard InChI is InChI=1S/C14H9Br2NOS/c1-7-12(8-4-2-3-5-10(8)17-7)13(18)11-6-9(15)14(16)19-11/h2-6,17H,1H3. The van der Waals surface area contributed by atoms with Gasteiger partial charge in [0.15, 0.2) is 0 Å². The normalized spacial score (nSPS) is 11.1. The lowest BCUT2D eigenvalue weighted by atomic mass is 10.1. The number of para-hydroxylation sites is 1. The quantitative estimate of drug-likeness (QED) is 0.584. The summed E-state index contributed by atoms with van der Waals surface area (Å²) in [6, 6.07) is 9.74. The Labute approximate surface area is 131 Å². The Bertz CT molecular complexity index is 768. The lowest BCUT2D eigenvalue weighted by molar-refractivity contribution is 0.104. The highest BCUT2D eigenvalue weighted by atomic mass is 79.9. The average molecular weight is 399 g/mol. The van der Waals surface area contributed by atoms with Gasteiger partial charge < -0.3 is 4.98 Å². The molecule has 19 heavy (non-hydrogen) atoms. The summed E-state index contributed by atoms with van der Waals surface area (Å²) in [4.78, 5) is 16.6. The van der Waals surface area contributed by atoms with Crippen LogP contribution >= 0.6 is 43.2 Å². The van der Waals surface area contributed by atoms with Crippen LogP contribution in [0.25, 0.3) is 10.9 Å². The van der Waals surface area contributed by atoms with E-state index in [9.17, 15) is 4.79 Å². The molecule has 96 valence electrons. The number of H-pyrrole nitrogens is 1. The molecule has 0 aliphatic carbocycles. The Balaban J connectivity index is 2.19. The summed E-state index contributed by atoms with van der Waals surface area (Å²) in [5.74, 6) is 0.0614. The summed E-state index contributed by atoms with van der Waals surface area (Å²) in [6.45, 7) is 1.94. The number of rotatable bonds is 2. The van der Waals surface area contributed by atoms with Crippen LogP contribution in [0, 0.1) is 6.92 Å². The minimum atomic E-state index is 0.0614. The van der Waals surface area contributed by atoms with Crippen LogP contribution in [0.2, 0.25) is 0 Å². The summed E-state index contributed by atoms with van der Waals surface area (Å²) in [6.07, 6.45) is 0. The molecule has 0 saturated carbocycles. The number of ketones is 1. The number of aromatic nitrogens is 1. The smallest absolute Gasteiger partial charge is 0.205 e. The van der Waals surface area contributed by atoms with E-state index < -0.39 is 0 Å². The molecule has 0 aliphatic rings. The van der Waals surface area contributed by atoms with E-state index in [0.29, 0.717) is 0 Å². The summed E-state index contributed by atoms with van der Waals surface area (Å²) in [7, 11) is 0. The van der Waals surface area contributed by atoms with Gasteiger partial charge in [-0.15, -0.1) is 11.3 Å². The number of carbonyl (C=O) groups is 1. The van der Waals surface area contributed by atoms with Crippen LogP contribution < -0.4 is 0 Å². The van der Waals surface area contributed by atoms with Gasteiger partial charge >= 0.3 is 0 Å². The van der Waals surface area contributed by atoms with E-state index in [0.717, 1.165) is 35.3 Å². The second kappa shape index (κ2) is 4.89. The van der Waals surface area contributed by atoms with Gasteiger partial charge in [0, 0.05) is 21.1 Å². The number of aromatic amines is 1. The number of benzene rings is 1. The van der Waals surface area contributed by atoms with E-state index in [2.05, 4.69) is 36.8 Å². The van der Waals surface area contributed by atoms with E-state index in [1.54, 1.807) is 0 Å². The van der Waals surface area contributed by atoms with Crippen molar-refractivity contribution in [3.8, 4) is 0 Å². The molecule has 3 rings (SSSR count). The lowest BCUT2D eigenvalue weighted by Crippen LogP contribution is -1.99. The van der Waals surface area contributed by atoms with E-state index in [4.69, 9.17) is 0 Å². The fourth-order valence-corrected chi connectivity index (χ4v) is 4.13. The van der Waals surface area contributed by atoms with Crippen LogP contribution in [0.4, 0.5) is 0 Å². The topological polar surface area (TPSA) is 32.9 Å². The molecule has 2 heterocycles. The predicted molar refractivity (Wildman–Crippen MR) is 86.2 cm³/mol. The van der Waals surface area contributed by atoms with Crippen molar-refractivity contribution >= 4 is 59.9 Å². The summed E-state index contributed by atoms with van der Waals surface area (Å²) in [5.41, 5.74) is 2.67. The first-order valence-electron chi connectivity index (χ1n) is 5.65. The van der Waals surface area contributed by atoms with E-state index >= 15 is 0 Å². The summed E-state index contributed by atoms with van der Waals surface area (Å²) >= 11 is 8.29. The molecule has 0 saturated heterocycles. The van der Waals surface area contributed by atoms with Gasteiger partial charge in [-0.3, -0.25) is 4.79 Å². The van der Waals surface area contributed by atoms with Crippen LogP contribution in [0.5, 0.6) is 0 Å². The Morgan fingerprint density at radius 3 is 2.68 bits per heavy atom. The van der Waals surface area contributed by atoms with E-state index in [-0.39, 0.29) is 5.78 Å². The average Bonchev–Trinajstić information content (AvgIpc) is 2.89. The summed E-state index contributed by atoms with van der Waals surface area (Å²) in [5, 5.41) is 0.977. The molecule has 0 aliphatic heterocycles. The third-order valence-corrected chi connectivity index (χ3v) is 6.24. The SMILES string of the molecule is Cc1[nH]c2ccccc2c1C(=O)c1cc(Br)c(Br)s1. The highest BCUT2D eigenvalue weighted by molar-refractivity contribution is 9.13. The van der Waals surface area contributed by atoms with Gasteiger partial charge in [0.1, 0.15) is 0 Å². The third-order valence-electron chi connectivity index (χ3n) is 2.99. The van der Waals surface area contributed by atoms with Crippen molar-refractivity contribution in [2.75, 3.05) is 0 Å². The van der Waals surface area contributed by atoms with Crippen molar-refractivity contribution in [1.29, 1.82) is 0 Å². The van der Waals surface area contributed by atoms with Gasteiger partial charge in [0.25, 0.3) is 0 Å². The number of hydrogen-bond donors (Lipinski definition) is 1. The zero-order valence-electron chi connectivity index (χ0n) is 9.96. The highest BCUT2D eigenvalue weighted by Crippen LogP contribution is 2.35. The minimum absolute atomic E-state index is 0.0614. The Morgan fingerprint density at radius 2 is 2.00 bits per heavy atom. The lowest BCUT2D eigenvalue weighted by Gasteiger charge is -1.98. The molecule has 1 N–H and O–H groups in total. The molecule has 0 unspecified atom stereocenters. The van der Waals surface area contributed by atoms with Crippen molar-refractivity contribution in [3.63, 3.8) is 0 Å². The van der Waals surface area contributed by atoms with Gasteiger partial charge in [-0.1, -0.05) is 18.2 Å². The molecule has 0 radical (unpaired) electrons. The van der Waals surface area contributed by atoms with E-state index in [1.165, 1.54) is 11.3 Å². The fourth-order valence-electron chi connectivity index (χ4n) is 2.15. The molecule has 0 spiro atoms. The predicted octanol–water partition coefficient (Wildman–Crippen LogP) is 5.29. The van der Waals surface area contributed by atoms with Crippen LogP contribution in [0.3, 0.4) is 0 Å². The first-order valence-corrected chi connectivity index (χ1v) is 8.05. The molecule has 0 atom stereocenters. The molecule has 1 aromatic carbocycles. The first kappa shape index (κ1) is 13.1. The number of carbonyl (C=O) groups excluding carboxylic acids is 1. The van der Waals surface area contributed by atoms with Crippen molar-refractivity contribution < 1.29 is 4.79 Å². The van der Waals surface area contributed by atoms with Gasteiger partial charge in [-0.25, -0.2) is 0 Å². The molecule has 2 aromatic heterocycles. The van der Waals surface area contributed by atoms with Gasteiger partial charge in [0.05, 0.1) is 14.2 Å². The molecule has 3 aromatic rings. The zero-order valence-corrected chi connectivity index (χ0v) is 13.9. The number of thiophene rings is 1. The Hall–Kier alpha value is -0.910. The van der Waals surface area contributed by atoms with Gasteiger partial charge in [-0.05, 0) is 50.9 Å². The van der Waals surface area contributed by atoms with Crippen molar-refractivity contribution in [3.05, 3.63) is 54.7 Å². The monoisotopic (exact) mass is 397 g/mol. The Kier molecular flexibility index (Phi) is 3.37. The molecule has 2 nitrogen and oxygen atoms in total. The van der Waals surface area contributed by atoms with E-state index in [1.807, 2.05) is 37.3 Å². The van der Waals surface area contributed by atoms with Crippen LogP contribution in [0.15, 0.2) is 38.6 Å². The maximum atomic E-state index is 12.7. The van der Waals surface area contributed by atoms with Gasteiger partial charge in [0.2, 0.25) is 5.78 Å². The molecule has 0 bridgehead atoms. The van der Waals surface area contributed by atoms with Crippen LogP contribution in [-0.2, 0) is 0 Å². The van der Waals surface area contributed by atoms with Crippen LogP contribution in [-0.4, -0.2) is 10.8 Å². The number of fused-ring (bicyclic) bond motifs is 1. The number of halogens is 2. The molecular formula is C14H9Br2NOS. The number of aryl methyl sites for hydroxylation is 1. The van der Waals surface area contributed by atoms with Crippen molar-refractivity contribution in [2.45, 2.75) is 6.92 Å². The molecular weight excluding hydrogens is 390 g/mol. The second-order valence-corrected chi connectivity index (χ2v) is 7.46. The molecule has 0 amide bonds.